The minimum absolute atomic E-state index is 0.107. The number of pyridine rings is 1. The molecule has 0 aliphatic heterocycles. The average molecular weight is 284 g/mol. The summed E-state index contributed by atoms with van der Waals surface area (Å²) in [6, 6.07) is 0. The summed E-state index contributed by atoms with van der Waals surface area (Å²) >= 11 is 0. The normalized spacial score (nSPS) is 13.8. The summed E-state index contributed by atoms with van der Waals surface area (Å²) in [6.45, 7) is 4.26. The summed E-state index contributed by atoms with van der Waals surface area (Å²) in [5.41, 5.74) is 4.92. The number of hydrogen-bond donors (Lipinski definition) is 2. The molecule has 1 aliphatic rings. The number of nitrogens with zero attached hydrogens (tertiary/aromatic N) is 2. The maximum absolute atomic E-state index is 12.0. The Kier molecular flexibility index (Phi) is 3.73. The largest absolute Gasteiger partial charge is 0.364 e. The average Bonchev–Trinajstić information content (AvgIpc) is 2.52. The van der Waals surface area contributed by atoms with Gasteiger partial charge in [-0.1, -0.05) is 0 Å². The van der Waals surface area contributed by atoms with Crippen molar-refractivity contribution < 1.29 is 0 Å². The third-order valence-corrected chi connectivity index (χ3v) is 4.17. The zero-order valence-electron chi connectivity index (χ0n) is 12.5. The zero-order chi connectivity index (χ0) is 14.8. The number of aryl methyl sites for hydroxylation is 2. The Morgan fingerprint density at radius 3 is 2.90 bits per heavy atom. The van der Waals surface area contributed by atoms with Crippen LogP contribution in [-0.2, 0) is 19.4 Å². The van der Waals surface area contributed by atoms with Crippen molar-refractivity contribution in [3.63, 3.8) is 0 Å². The monoisotopic (exact) mass is 284 g/mol. The number of hydrogen-bond acceptors (Lipinski definition) is 4. The molecule has 0 atom stereocenters. The molecule has 0 saturated heterocycles. The molecule has 0 radical (unpaired) electrons. The number of aromatic nitrogens is 3. The van der Waals surface area contributed by atoms with Gasteiger partial charge in [-0.3, -0.25) is 4.79 Å². The molecule has 0 saturated carbocycles. The van der Waals surface area contributed by atoms with Gasteiger partial charge in [0.05, 0.1) is 6.54 Å². The molecule has 0 bridgehead atoms. The van der Waals surface area contributed by atoms with Crippen molar-refractivity contribution in [2.75, 3.05) is 5.32 Å². The van der Waals surface area contributed by atoms with Crippen molar-refractivity contribution in [1.29, 1.82) is 0 Å². The third-order valence-electron chi connectivity index (χ3n) is 4.17. The van der Waals surface area contributed by atoms with Gasteiger partial charge < -0.3 is 10.3 Å². The van der Waals surface area contributed by atoms with E-state index in [1.807, 2.05) is 13.8 Å². The second-order valence-electron chi connectivity index (χ2n) is 5.61. The SMILES string of the molecule is Cc1c[nH]c(CNc2ncnc3c2CCCC3)c(C)c1=O. The van der Waals surface area contributed by atoms with Gasteiger partial charge in [-0.15, -0.1) is 0 Å². The number of aromatic amines is 1. The first kappa shape index (κ1) is 13.8. The van der Waals surface area contributed by atoms with Crippen molar-refractivity contribution in [1.82, 2.24) is 15.0 Å². The summed E-state index contributed by atoms with van der Waals surface area (Å²) in [5, 5.41) is 3.36. The van der Waals surface area contributed by atoms with Crippen LogP contribution in [0.4, 0.5) is 5.82 Å². The Morgan fingerprint density at radius 1 is 1.24 bits per heavy atom. The Morgan fingerprint density at radius 2 is 2.05 bits per heavy atom. The fourth-order valence-electron chi connectivity index (χ4n) is 2.83. The van der Waals surface area contributed by atoms with Gasteiger partial charge in [0.2, 0.25) is 0 Å². The van der Waals surface area contributed by atoms with Gasteiger partial charge >= 0.3 is 0 Å². The zero-order valence-corrected chi connectivity index (χ0v) is 12.5. The Labute approximate surface area is 123 Å². The molecule has 5 heteroatoms. The Balaban J connectivity index is 1.83. The molecule has 0 fully saturated rings. The van der Waals surface area contributed by atoms with Gasteiger partial charge in [0, 0.05) is 34.3 Å². The molecule has 5 nitrogen and oxygen atoms in total. The van der Waals surface area contributed by atoms with E-state index in [4.69, 9.17) is 0 Å². The van der Waals surface area contributed by atoms with Crippen LogP contribution < -0.4 is 10.7 Å². The standard InChI is InChI=1S/C16H20N4O/c1-10-7-17-14(11(2)15(10)21)8-18-16-12-5-3-4-6-13(12)19-9-20-16/h7,9H,3-6,8H2,1-2H3,(H,17,21)(H,18,19,20). The highest BCUT2D eigenvalue weighted by atomic mass is 16.1. The van der Waals surface area contributed by atoms with E-state index >= 15 is 0 Å². The molecule has 21 heavy (non-hydrogen) atoms. The van der Waals surface area contributed by atoms with Crippen LogP contribution in [0.5, 0.6) is 0 Å². The van der Waals surface area contributed by atoms with Crippen LogP contribution in [0.15, 0.2) is 17.3 Å². The van der Waals surface area contributed by atoms with Crippen LogP contribution in [0, 0.1) is 13.8 Å². The van der Waals surface area contributed by atoms with E-state index in [2.05, 4.69) is 20.3 Å². The Hall–Kier alpha value is -2.17. The predicted octanol–water partition coefficient (Wildman–Crippen LogP) is 2.27. The minimum Gasteiger partial charge on any atom is -0.364 e. The molecule has 2 aromatic rings. The van der Waals surface area contributed by atoms with Crippen molar-refractivity contribution >= 4 is 5.82 Å². The fourth-order valence-corrected chi connectivity index (χ4v) is 2.83. The highest BCUT2D eigenvalue weighted by Gasteiger charge is 2.15. The first-order valence-corrected chi connectivity index (χ1v) is 7.41. The second-order valence-corrected chi connectivity index (χ2v) is 5.61. The lowest BCUT2D eigenvalue weighted by molar-refractivity contribution is 0.663. The summed E-state index contributed by atoms with van der Waals surface area (Å²) in [6.07, 6.45) is 7.84. The highest BCUT2D eigenvalue weighted by molar-refractivity contribution is 5.47. The van der Waals surface area contributed by atoms with Crippen molar-refractivity contribution in [3.8, 4) is 0 Å². The van der Waals surface area contributed by atoms with E-state index in [1.165, 1.54) is 18.4 Å². The van der Waals surface area contributed by atoms with E-state index < -0.39 is 0 Å². The molecule has 0 spiro atoms. The molecule has 3 rings (SSSR count). The van der Waals surface area contributed by atoms with Crippen molar-refractivity contribution in [3.05, 3.63) is 50.8 Å². The van der Waals surface area contributed by atoms with Gasteiger partial charge in [0.1, 0.15) is 12.1 Å². The summed E-state index contributed by atoms with van der Waals surface area (Å²) in [5.74, 6) is 0.903. The summed E-state index contributed by atoms with van der Waals surface area (Å²) in [7, 11) is 0. The molecule has 110 valence electrons. The molecule has 2 N–H and O–H groups in total. The maximum atomic E-state index is 12.0. The van der Waals surface area contributed by atoms with Gasteiger partial charge in [-0.25, -0.2) is 9.97 Å². The minimum atomic E-state index is 0.107. The maximum Gasteiger partial charge on any atom is 0.187 e. The Bertz CT molecular complexity index is 721. The van der Waals surface area contributed by atoms with Gasteiger partial charge in [0.25, 0.3) is 0 Å². The number of rotatable bonds is 3. The molecular formula is C16H20N4O. The molecule has 0 unspecified atom stereocenters. The van der Waals surface area contributed by atoms with Gasteiger partial charge in [0.15, 0.2) is 5.43 Å². The molecule has 1 aliphatic carbocycles. The lowest BCUT2D eigenvalue weighted by atomic mass is 9.96. The quantitative estimate of drug-likeness (QED) is 0.907. The molecular weight excluding hydrogens is 264 g/mol. The first-order valence-electron chi connectivity index (χ1n) is 7.41. The van der Waals surface area contributed by atoms with E-state index in [1.54, 1.807) is 12.5 Å². The second kappa shape index (κ2) is 5.68. The highest BCUT2D eigenvalue weighted by Crippen LogP contribution is 2.24. The number of fused-ring (bicyclic) bond motifs is 1. The summed E-state index contributed by atoms with van der Waals surface area (Å²) < 4.78 is 0. The first-order chi connectivity index (χ1) is 10.2. The lowest BCUT2D eigenvalue weighted by Crippen LogP contribution is -2.17. The van der Waals surface area contributed by atoms with Gasteiger partial charge in [-0.2, -0.15) is 0 Å². The fraction of sp³-hybridized carbons (Fsp3) is 0.438. The van der Waals surface area contributed by atoms with Gasteiger partial charge in [-0.05, 0) is 39.5 Å². The van der Waals surface area contributed by atoms with E-state index in [0.29, 0.717) is 6.54 Å². The molecule has 2 heterocycles. The third kappa shape index (κ3) is 2.68. The molecule has 0 aromatic carbocycles. The topological polar surface area (TPSA) is 70.7 Å². The van der Waals surface area contributed by atoms with Crippen LogP contribution in [0.3, 0.4) is 0 Å². The van der Waals surface area contributed by atoms with Crippen LogP contribution in [0.2, 0.25) is 0 Å². The smallest absolute Gasteiger partial charge is 0.187 e. The van der Waals surface area contributed by atoms with Crippen molar-refractivity contribution in [2.24, 2.45) is 0 Å². The van der Waals surface area contributed by atoms with Crippen LogP contribution in [0.1, 0.15) is 40.9 Å². The molecule has 0 amide bonds. The summed E-state index contributed by atoms with van der Waals surface area (Å²) in [4.78, 5) is 23.9. The van der Waals surface area contributed by atoms with Crippen LogP contribution in [-0.4, -0.2) is 15.0 Å². The predicted molar refractivity (Wildman–Crippen MR) is 82.5 cm³/mol. The van der Waals surface area contributed by atoms with E-state index in [9.17, 15) is 4.79 Å². The van der Waals surface area contributed by atoms with E-state index in [0.717, 1.165) is 41.2 Å². The van der Waals surface area contributed by atoms with E-state index in [-0.39, 0.29) is 5.43 Å². The number of nitrogens with one attached hydrogen (secondary N) is 2. The number of H-pyrrole nitrogens is 1. The van der Waals surface area contributed by atoms with Crippen LogP contribution >= 0.6 is 0 Å². The lowest BCUT2D eigenvalue weighted by Gasteiger charge is -2.18. The molecule has 2 aromatic heterocycles. The van der Waals surface area contributed by atoms with Crippen molar-refractivity contribution in [2.45, 2.75) is 46.1 Å². The number of anilines is 1. The van der Waals surface area contributed by atoms with Crippen LogP contribution in [0.25, 0.3) is 0 Å².